The van der Waals surface area contributed by atoms with Crippen LogP contribution < -0.4 is 10.6 Å². The minimum atomic E-state index is -0.477. The van der Waals surface area contributed by atoms with Gasteiger partial charge in [-0.2, -0.15) is 0 Å². The molecule has 9 heteroatoms. The maximum Gasteiger partial charge on any atom is 0.407 e. The maximum atomic E-state index is 12.1. The molecule has 2 rings (SSSR count). The molecule has 0 saturated heterocycles. The minimum Gasteiger partial charge on any atom is -0.460 e. The van der Waals surface area contributed by atoms with Gasteiger partial charge >= 0.3 is 12.1 Å². The first kappa shape index (κ1) is 29.1. The number of carbonyl (C=O) groups excluding carboxylic acids is 2. The van der Waals surface area contributed by atoms with Crippen molar-refractivity contribution in [1.82, 2.24) is 5.32 Å². The monoisotopic (exact) mass is 502 g/mol. The Morgan fingerprint density at radius 2 is 1.36 bits per heavy atom. The van der Waals surface area contributed by atoms with E-state index in [-0.39, 0.29) is 19.2 Å². The first-order chi connectivity index (χ1) is 17.7. The summed E-state index contributed by atoms with van der Waals surface area (Å²) in [4.78, 5) is 23.7. The highest BCUT2D eigenvalue weighted by atomic mass is 16.6. The van der Waals surface area contributed by atoms with Gasteiger partial charge in [-0.05, 0) is 36.2 Å². The van der Waals surface area contributed by atoms with Gasteiger partial charge in [0.2, 0.25) is 0 Å². The summed E-state index contributed by atoms with van der Waals surface area (Å²) in [6, 6.07) is 16.7. The molecule has 1 amide bonds. The second-order valence-electron chi connectivity index (χ2n) is 7.82. The van der Waals surface area contributed by atoms with Gasteiger partial charge in [0.05, 0.1) is 45.2 Å². The predicted octanol–water partition coefficient (Wildman–Crippen LogP) is 4.03. The van der Waals surface area contributed by atoms with Gasteiger partial charge in [-0.15, -0.1) is 0 Å². The topological polar surface area (TPSA) is 104 Å². The van der Waals surface area contributed by atoms with Gasteiger partial charge in [0.25, 0.3) is 0 Å². The van der Waals surface area contributed by atoms with Gasteiger partial charge in [0.1, 0.15) is 13.2 Å². The number of hydrogen-bond donors (Lipinski definition) is 2. The number of benzene rings is 2. The summed E-state index contributed by atoms with van der Waals surface area (Å²) in [6.45, 7) is 6.12. The summed E-state index contributed by atoms with van der Waals surface area (Å²) in [7, 11) is 0. The number of ether oxygens (including phenoxy) is 5. The quantitative estimate of drug-likeness (QED) is 0.219. The van der Waals surface area contributed by atoms with Crippen molar-refractivity contribution in [1.29, 1.82) is 0 Å². The summed E-state index contributed by atoms with van der Waals surface area (Å²) in [5, 5.41) is 5.93. The third kappa shape index (κ3) is 13.7. The highest BCUT2D eigenvalue weighted by Gasteiger charge is 2.07. The summed E-state index contributed by atoms with van der Waals surface area (Å²) in [5.41, 5.74) is 2.44. The van der Waals surface area contributed by atoms with Crippen LogP contribution in [0, 0.1) is 0 Å². The Labute approximate surface area is 213 Å². The van der Waals surface area contributed by atoms with E-state index in [9.17, 15) is 9.59 Å². The van der Waals surface area contributed by atoms with Crippen LogP contribution in [0.4, 0.5) is 10.5 Å². The molecule has 0 aliphatic rings. The molecular weight excluding hydrogens is 464 g/mol. The summed E-state index contributed by atoms with van der Waals surface area (Å²) in [5.74, 6) is -0.369. The smallest absolute Gasteiger partial charge is 0.407 e. The lowest BCUT2D eigenvalue weighted by Crippen LogP contribution is -2.28. The second-order valence-corrected chi connectivity index (χ2v) is 7.82. The van der Waals surface area contributed by atoms with Gasteiger partial charge in [-0.25, -0.2) is 9.59 Å². The molecule has 2 N–H and O–H groups in total. The fraction of sp³-hybridized carbons (Fsp3) is 0.481. The van der Waals surface area contributed by atoms with Crippen molar-refractivity contribution in [2.45, 2.75) is 26.4 Å². The van der Waals surface area contributed by atoms with Crippen molar-refractivity contribution in [2.75, 3.05) is 64.7 Å². The SMILES string of the molecule is CCCCNc1ccc(C(=O)OCCOCCOCCOCCNC(=O)OCc2ccccc2)cc1. The lowest BCUT2D eigenvalue weighted by molar-refractivity contribution is 0.000870. The fourth-order valence-corrected chi connectivity index (χ4v) is 2.95. The minimum absolute atomic E-state index is 0.180. The van der Waals surface area contributed by atoms with Crippen LogP contribution in [0.3, 0.4) is 0 Å². The third-order valence-electron chi connectivity index (χ3n) is 4.91. The first-order valence-corrected chi connectivity index (χ1v) is 12.4. The fourth-order valence-electron chi connectivity index (χ4n) is 2.95. The lowest BCUT2D eigenvalue weighted by atomic mass is 10.2. The van der Waals surface area contributed by atoms with Crippen molar-refractivity contribution in [3.05, 3.63) is 65.7 Å². The molecule has 0 aliphatic heterocycles. The highest BCUT2D eigenvalue weighted by molar-refractivity contribution is 5.89. The zero-order chi connectivity index (χ0) is 25.7. The van der Waals surface area contributed by atoms with Gasteiger partial charge < -0.3 is 34.3 Å². The van der Waals surface area contributed by atoms with Crippen LogP contribution >= 0.6 is 0 Å². The van der Waals surface area contributed by atoms with Gasteiger partial charge in [0, 0.05) is 18.8 Å². The van der Waals surface area contributed by atoms with Crippen LogP contribution in [0.5, 0.6) is 0 Å². The van der Waals surface area contributed by atoms with E-state index in [2.05, 4.69) is 17.6 Å². The molecule has 0 unspecified atom stereocenters. The normalized spacial score (nSPS) is 10.6. The molecule has 198 valence electrons. The molecule has 2 aromatic carbocycles. The average Bonchev–Trinajstić information content (AvgIpc) is 2.91. The van der Waals surface area contributed by atoms with E-state index in [0.29, 0.717) is 51.7 Å². The molecule has 36 heavy (non-hydrogen) atoms. The average molecular weight is 503 g/mol. The van der Waals surface area contributed by atoms with Crippen molar-refractivity contribution < 1.29 is 33.3 Å². The van der Waals surface area contributed by atoms with Crippen LogP contribution in [-0.4, -0.2) is 71.4 Å². The molecule has 0 aliphatic carbocycles. The number of alkyl carbamates (subject to hydrolysis) is 1. The number of esters is 1. The van der Waals surface area contributed by atoms with E-state index in [0.717, 1.165) is 30.6 Å². The molecule has 2 aromatic rings. The number of carbonyl (C=O) groups is 2. The summed E-state index contributed by atoms with van der Waals surface area (Å²) in [6.07, 6.45) is 1.76. The molecule has 0 bridgehead atoms. The molecule has 0 radical (unpaired) electrons. The molecule has 0 heterocycles. The predicted molar refractivity (Wildman–Crippen MR) is 137 cm³/mol. The number of hydrogen-bond acceptors (Lipinski definition) is 8. The Morgan fingerprint density at radius 3 is 2.03 bits per heavy atom. The third-order valence-corrected chi connectivity index (χ3v) is 4.91. The van der Waals surface area contributed by atoms with E-state index < -0.39 is 6.09 Å². The molecule has 0 atom stereocenters. The molecule has 0 saturated carbocycles. The molecule has 0 aromatic heterocycles. The largest absolute Gasteiger partial charge is 0.460 e. The number of nitrogens with one attached hydrogen (secondary N) is 2. The number of amides is 1. The lowest BCUT2D eigenvalue weighted by Gasteiger charge is -2.09. The van der Waals surface area contributed by atoms with Crippen LogP contribution in [0.2, 0.25) is 0 Å². The molecule has 0 fully saturated rings. The van der Waals surface area contributed by atoms with Crippen LogP contribution in [0.1, 0.15) is 35.7 Å². The van der Waals surface area contributed by atoms with Gasteiger partial charge in [-0.1, -0.05) is 43.7 Å². The van der Waals surface area contributed by atoms with Crippen LogP contribution in [0.15, 0.2) is 54.6 Å². The van der Waals surface area contributed by atoms with Crippen molar-refractivity contribution in [3.8, 4) is 0 Å². The van der Waals surface area contributed by atoms with E-state index >= 15 is 0 Å². The van der Waals surface area contributed by atoms with Gasteiger partial charge in [-0.3, -0.25) is 0 Å². The Bertz CT molecular complexity index is 847. The molecule has 0 spiro atoms. The Kier molecular flexibility index (Phi) is 15.4. The van der Waals surface area contributed by atoms with Crippen molar-refractivity contribution in [2.24, 2.45) is 0 Å². The van der Waals surface area contributed by atoms with Crippen molar-refractivity contribution in [3.63, 3.8) is 0 Å². The summed E-state index contributed by atoms with van der Waals surface area (Å²) >= 11 is 0. The zero-order valence-electron chi connectivity index (χ0n) is 21.0. The van der Waals surface area contributed by atoms with Gasteiger partial charge in [0.15, 0.2) is 0 Å². The second kappa shape index (κ2) is 19.1. The van der Waals surface area contributed by atoms with E-state index in [1.54, 1.807) is 12.1 Å². The van der Waals surface area contributed by atoms with E-state index in [1.807, 2.05) is 42.5 Å². The standard InChI is InChI=1S/C27H38N2O7/c1-2-3-13-28-25-11-9-24(10-12-25)26(30)35-21-20-34-19-18-33-17-16-32-15-14-29-27(31)36-22-23-7-5-4-6-8-23/h4-12,28H,2-3,13-22H2,1H3,(H,29,31). The number of unbranched alkanes of at least 4 members (excludes halogenated alkanes) is 1. The molecule has 9 nitrogen and oxygen atoms in total. The summed E-state index contributed by atoms with van der Waals surface area (Å²) < 4.78 is 26.5. The molecular formula is C27H38N2O7. The highest BCUT2D eigenvalue weighted by Crippen LogP contribution is 2.10. The Balaban J connectivity index is 1.35. The number of rotatable bonds is 19. The van der Waals surface area contributed by atoms with Crippen LogP contribution in [-0.2, 0) is 30.3 Å². The maximum absolute atomic E-state index is 12.1. The van der Waals surface area contributed by atoms with E-state index in [4.69, 9.17) is 23.7 Å². The Hall–Kier alpha value is -3.14. The van der Waals surface area contributed by atoms with Crippen molar-refractivity contribution >= 4 is 17.7 Å². The number of anilines is 1. The van der Waals surface area contributed by atoms with E-state index in [1.165, 1.54) is 0 Å². The van der Waals surface area contributed by atoms with Crippen LogP contribution in [0.25, 0.3) is 0 Å². The Morgan fingerprint density at radius 1 is 0.722 bits per heavy atom. The first-order valence-electron chi connectivity index (χ1n) is 12.4. The zero-order valence-corrected chi connectivity index (χ0v) is 21.0.